The lowest BCUT2D eigenvalue weighted by Crippen LogP contribution is -2.36. The maximum Gasteiger partial charge on any atom is 0.242 e. The third kappa shape index (κ3) is 3.04. The highest BCUT2D eigenvalue weighted by Gasteiger charge is 2.28. The van der Waals surface area contributed by atoms with Crippen LogP contribution in [0.15, 0.2) is 23.1 Å². The largest absolute Gasteiger partial charge is 0.354 e. The van der Waals surface area contributed by atoms with Gasteiger partial charge in [-0.3, -0.25) is 4.79 Å². The minimum Gasteiger partial charge on any atom is -0.354 e. The molecule has 1 atom stereocenters. The number of nitriles is 1. The molecule has 8 heteroatoms. The molecule has 1 aliphatic rings. The Morgan fingerprint density at radius 1 is 1.47 bits per heavy atom. The molecule has 0 saturated carbocycles. The molecule has 1 aliphatic heterocycles. The first-order chi connectivity index (χ1) is 8.92. The zero-order valence-electron chi connectivity index (χ0n) is 9.68. The minimum atomic E-state index is -3.86. The fourth-order valence-corrected chi connectivity index (χ4v) is 3.51. The Morgan fingerprint density at radius 3 is 2.79 bits per heavy atom. The monoisotopic (exact) mass is 299 g/mol. The maximum absolute atomic E-state index is 12.1. The molecule has 1 saturated heterocycles. The van der Waals surface area contributed by atoms with Crippen molar-refractivity contribution >= 4 is 27.5 Å². The van der Waals surface area contributed by atoms with Crippen molar-refractivity contribution in [1.29, 1.82) is 5.26 Å². The number of carbonyl (C=O) groups excluding carboxylic acids is 1. The summed E-state index contributed by atoms with van der Waals surface area (Å²) in [5, 5.41) is 11.3. The first kappa shape index (κ1) is 13.8. The van der Waals surface area contributed by atoms with Gasteiger partial charge in [0.25, 0.3) is 0 Å². The van der Waals surface area contributed by atoms with Crippen molar-refractivity contribution in [2.24, 2.45) is 0 Å². The normalized spacial score (nSPS) is 18.9. The van der Waals surface area contributed by atoms with Crippen LogP contribution in [-0.2, 0) is 14.8 Å². The lowest BCUT2D eigenvalue weighted by Gasteiger charge is -2.12. The van der Waals surface area contributed by atoms with Crippen molar-refractivity contribution < 1.29 is 13.2 Å². The average Bonchev–Trinajstić information content (AvgIpc) is 2.74. The topological polar surface area (TPSA) is 99.1 Å². The van der Waals surface area contributed by atoms with E-state index in [1.807, 2.05) is 6.07 Å². The van der Waals surface area contributed by atoms with E-state index in [0.29, 0.717) is 0 Å². The van der Waals surface area contributed by atoms with Crippen LogP contribution in [0.25, 0.3) is 0 Å². The summed E-state index contributed by atoms with van der Waals surface area (Å²) in [4.78, 5) is 10.9. The van der Waals surface area contributed by atoms with Gasteiger partial charge in [-0.2, -0.15) is 5.26 Å². The second kappa shape index (κ2) is 5.17. The third-order valence-electron chi connectivity index (χ3n) is 2.65. The van der Waals surface area contributed by atoms with E-state index in [4.69, 9.17) is 16.9 Å². The molecule has 0 aromatic heterocycles. The van der Waals surface area contributed by atoms with Gasteiger partial charge in [-0.05, 0) is 18.2 Å². The zero-order valence-corrected chi connectivity index (χ0v) is 11.3. The van der Waals surface area contributed by atoms with Crippen molar-refractivity contribution in [2.45, 2.75) is 17.4 Å². The summed E-state index contributed by atoms with van der Waals surface area (Å²) in [5.41, 5.74) is 0.199. The van der Waals surface area contributed by atoms with Gasteiger partial charge >= 0.3 is 0 Å². The number of hydrogen-bond acceptors (Lipinski definition) is 4. The summed E-state index contributed by atoms with van der Waals surface area (Å²) < 4.78 is 26.7. The number of sulfonamides is 1. The first-order valence-corrected chi connectivity index (χ1v) is 7.27. The summed E-state index contributed by atoms with van der Waals surface area (Å²) in [6.45, 7) is 0.244. The number of carbonyl (C=O) groups is 1. The molecule has 2 rings (SSSR count). The molecule has 0 radical (unpaired) electrons. The fourth-order valence-electron chi connectivity index (χ4n) is 1.75. The Balaban J connectivity index is 2.29. The fraction of sp³-hybridized carbons (Fsp3) is 0.273. The van der Waals surface area contributed by atoms with Crippen molar-refractivity contribution in [2.75, 3.05) is 6.54 Å². The molecule has 19 heavy (non-hydrogen) atoms. The Labute approximate surface area is 115 Å². The summed E-state index contributed by atoms with van der Waals surface area (Å²) in [5.74, 6) is -0.204. The van der Waals surface area contributed by atoms with E-state index >= 15 is 0 Å². The second-order valence-electron chi connectivity index (χ2n) is 4.08. The first-order valence-electron chi connectivity index (χ1n) is 5.41. The van der Waals surface area contributed by atoms with Crippen molar-refractivity contribution in [3.05, 3.63) is 28.8 Å². The van der Waals surface area contributed by atoms with Gasteiger partial charge in [0.1, 0.15) is 4.90 Å². The summed E-state index contributed by atoms with van der Waals surface area (Å²) >= 11 is 5.84. The van der Waals surface area contributed by atoms with Gasteiger partial charge in [-0.25, -0.2) is 13.1 Å². The Kier molecular flexibility index (Phi) is 3.75. The van der Waals surface area contributed by atoms with Gasteiger partial charge in [-0.15, -0.1) is 0 Å². The predicted octanol–water partition coefficient (Wildman–Crippen LogP) is 0.378. The highest BCUT2D eigenvalue weighted by Crippen LogP contribution is 2.23. The van der Waals surface area contributed by atoms with Crippen LogP contribution in [0.4, 0.5) is 0 Å². The number of halogens is 1. The Morgan fingerprint density at radius 2 is 2.21 bits per heavy atom. The summed E-state index contributed by atoms with van der Waals surface area (Å²) in [7, 11) is -3.86. The standard InChI is InChI=1S/C11H10ClN3O3S/c12-9-2-1-7(5-13)3-10(9)19(17,18)15-8-4-11(16)14-6-8/h1-3,8,15H,4,6H2,(H,14,16). The highest BCUT2D eigenvalue weighted by molar-refractivity contribution is 7.89. The molecule has 0 aliphatic carbocycles. The highest BCUT2D eigenvalue weighted by atomic mass is 35.5. The summed E-state index contributed by atoms with van der Waals surface area (Å²) in [6, 6.07) is 5.34. The molecule has 1 aromatic rings. The smallest absolute Gasteiger partial charge is 0.242 e. The molecule has 0 bridgehead atoms. The quantitative estimate of drug-likeness (QED) is 0.842. The number of nitrogens with zero attached hydrogens (tertiary/aromatic N) is 1. The van der Waals surface area contributed by atoms with Gasteiger partial charge < -0.3 is 5.32 Å². The molecule has 1 aromatic carbocycles. The lowest BCUT2D eigenvalue weighted by molar-refractivity contribution is -0.119. The van der Waals surface area contributed by atoms with Crippen molar-refractivity contribution in [3.8, 4) is 6.07 Å². The van der Waals surface area contributed by atoms with Crippen LogP contribution in [0.1, 0.15) is 12.0 Å². The van der Waals surface area contributed by atoms with E-state index < -0.39 is 16.1 Å². The number of rotatable bonds is 3. The van der Waals surface area contributed by atoms with Crippen molar-refractivity contribution in [3.63, 3.8) is 0 Å². The van der Waals surface area contributed by atoms with Gasteiger partial charge in [0.05, 0.1) is 16.7 Å². The van der Waals surface area contributed by atoms with Crippen molar-refractivity contribution in [1.82, 2.24) is 10.0 Å². The molecule has 100 valence electrons. The molecule has 1 amide bonds. The van der Waals surface area contributed by atoms with Gasteiger partial charge in [0.15, 0.2) is 0 Å². The van der Waals surface area contributed by atoms with Crippen LogP contribution in [0.5, 0.6) is 0 Å². The minimum absolute atomic E-state index is 0.0313. The SMILES string of the molecule is N#Cc1ccc(Cl)c(S(=O)(=O)NC2CNC(=O)C2)c1. The lowest BCUT2D eigenvalue weighted by atomic mass is 10.2. The van der Waals surface area contributed by atoms with Crippen LogP contribution in [0, 0.1) is 11.3 Å². The van der Waals surface area contributed by atoms with Crippen LogP contribution in [0.2, 0.25) is 5.02 Å². The van der Waals surface area contributed by atoms with Crippen LogP contribution in [0.3, 0.4) is 0 Å². The van der Waals surface area contributed by atoms with Crippen LogP contribution in [-0.4, -0.2) is 26.9 Å². The molecule has 2 N–H and O–H groups in total. The number of nitrogens with one attached hydrogen (secondary N) is 2. The maximum atomic E-state index is 12.1. The zero-order chi connectivity index (χ0) is 14.0. The number of amides is 1. The molecule has 1 unspecified atom stereocenters. The second-order valence-corrected chi connectivity index (χ2v) is 6.17. The van der Waals surface area contributed by atoms with Gasteiger partial charge in [-0.1, -0.05) is 11.6 Å². The molecular formula is C11H10ClN3O3S. The molecule has 6 nitrogen and oxygen atoms in total. The van der Waals surface area contributed by atoms with Gasteiger partial charge in [0, 0.05) is 19.0 Å². The molecule has 1 heterocycles. The average molecular weight is 300 g/mol. The molecule has 0 spiro atoms. The molecular weight excluding hydrogens is 290 g/mol. The predicted molar refractivity (Wildman–Crippen MR) is 67.9 cm³/mol. The number of benzene rings is 1. The van der Waals surface area contributed by atoms with E-state index in [0.717, 1.165) is 0 Å². The van der Waals surface area contributed by atoms with E-state index in [1.54, 1.807) is 0 Å². The van der Waals surface area contributed by atoms with Crippen LogP contribution < -0.4 is 10.0 Å². The van der Waals surface area contributed by atoms with E-state index in [2.05, 4.69) is 10.0 Å². The van der Waals surface area contributed by atoms with E-state index in [-0.39, 0.29) is 34.4 Å². The van der Waals surface area contributed by atoms with E-state index in [1.165, 1.54) is 18.2 Å². The third-order valence-corrected chi connectivity index (χ3v) is 4.65. The molecule has 1 fully saturated rings. The Hall–Kier alpha value is -1.62. The van der Waals surface area contributed by atoms with E-state index in [9.17, 15) is 13.2 Å². The summed E-state index contributed by atoms with van der Waals surface area (Å²) in [6.07, 6.45) is 0.0921. The number of hydrogen-bond donors (Lipinski definition) is 2. The Bertz CT molecular complexity index is 666. The van der Waals surface area contributed by atoms with Gasteiger partial charge in [0.2, 0.25) is 15.9 Å². The van der Waals surface area contributed by atoms with Crippen LogP contribution >= 0.6 is 11.6 Å².